The van der Waals surface area contributed by atoms with Crippen LogP contribution in [0, 0.1) is 12.7 Å². The highest BCUT2D eigenvalue weighted by Gasteiger charge is 2.23. The number of carboxylic acid groups (broad SMARTS) is 1. The minimum Gasteiger partial charge on any atom is -0.481 e. The van der Waals surface area contributed by atoms with Crippen LogP contribution in [-0.4, -0.2) is 28.5 Å². The molecule has 1 heterocycles. The molecule has 0 radical (unpaired) electrons. The number of aryl methyl sites for hydroxylation is 1. The summed E-state index contributed by atoms with van der Waals surface area (Å²) in [4.78, 5) is 28.7. The molecule has 1 aromatic heterocycles. The number of anilines is 1. The number of pyridine rings is 1. The summed E-state index contributed by atoms with van der Waals surface area (Å²) in [6, 6.07) is 9.06. The van der Waals surface area contributed by atoms with Gasteiger partial charge in [0.1, 0.15) is 11.6 Å². The van der Waals surface area contributed by atoms with E-state index in [1.165, 1.54) is 29.3 Å². The highest BCUT2D eigenvalue weighted by molar-refractivity contribution is 6.06. The second-order valence-corrected chi connectivity index (χ2v) is 4.72. The molecule has 1 aromatic carbocycles. The van der Waals surface area contributed by atoms with E-state index in [4.69, 9.17) is 5.11 Å². The lowest BCUT2D eigenvalue weighted by Gasteiger charge is -2.22. The molecule has 22 heavy (non-hydrogen) atoms. The van der Waals surface area contributed by atoms with Crippen LogP contribution in [0.5, 0.6) is 0 Å². The first-order valence-electron chi connectivity index (χ1n) is 6.70. The van der Waals surface area contributed by atoms with E-state index in [9.17, 15) is 14.0 Å². The Morgan fingerprint density at radius 3 is 2.59 bits per heavy atom. The van der Waals surface area contributed by atoms with E-state index in [1.54, 1.807) is 25.1 Å². The molecular formula is C16H15FN2O3. The third-order valence-corrected chi connectivity index (χ3v) is 3.14. The summed E-state index contributed by atoms with van der Waals surface area (Å²) in [5.74, 6) is -1.97. The quantitative estimate of drug-likeness (QED) is 0.921. The van der Waals surface area contributed by atoms with Crippen LogP contribution in [0.15, 0.2) is 42.6 Å². The smallest absolute Gasteiger partial charge is 0.305 e. The van der Waals surface area contributed by atoms with Gasteiger partial charge in [0.15, 0.2) is 0 Å². The number of halogens is 1. The molecule has 0 saturated carbocycles. The molecule has 0 aliphatic heterocycles. The van der Waals surface area contributed by atoms with E-state index in [0.717, 1.165) is 0 Å². The Kier molecular flexibility index (Phi) is 4.83. The van der Waals surface area contributed by atoms with E-state index in [2.05, 4.69) is 4.98 Å². The molecule has 0 saturated heterocycles. The van der Waals surface area contributed by atoms with E-state index in [0.29, 0.717) is 11.4 Å². The van der Waals surface area contributed by atoms with E-state index >= 15 is 0 Å². The van der Waals surface area contributed by atoms with Gasteiger partial charge >= 0.3 is 5.97 Å². The number of nitrogens with zero attached hydrogens (tertiary/aromatic N) is 2. The normalized spacial score (nSPS) is 10.3. The average Bonchev–Trinajstić information content (AvgIpc) is 2.49. The number of carboxylic acids is 1. The lowest BCUT2D eigenvalue weighted by molar-refractivity contribution is -0.136. The van der Waals surface area contributed by atoms with Gasteiger partial charge in [0.2, 0.25) is 0 Å². The topological polar surface area (TPSA) is 70.5 Å². The van der Waals surface area contributed by atoms with Gasteiger partial charge in [-0.15, -0.1) is 0 Å². The number of carbonyl (C=O) groups excluding carboxylic acids is 1. The Bertz CT molecular complexity index is 703. The van der Waals surface area contributed by atoms with Crippen LogP contribution in [0.4, 0.5) is 10.2 Å². The summed E-state index contributed by atoms with van der Waals surface area (Å²) < 4.78 is 13.8. The van der Waals surface area contributed by atoms with Gasteiger partial charge in [0.05, 0.1) is 12.0 Å². The second kappa shape index (κ2) is 6.80. The molecule has 5 nitrogen and oxygen atoms in total. The van der Waals surface area contributed by atoms with Crippen molar-refractivity contribution in [1.82, 2.24) is 4.98 Å². The molecule has 114 valence electrons. The summed E-state index contributed by atoms with van der Waals surface area (Å²) in [7, 11) is 0. The minimum atomic E-state index is -1.04. The zero-order valence-electron chi connectivity index (χ0n) is 12.0. The van der Waals surface area contributed by atoms with Crippen molar-refractivity contribution in [1.29, 1.82) is 0 Å². The third-order valence-electron chi connectivity index (χ3n) is 3.14. The number of carbonyl (C=O) groups is 2. The third kappa shape index (κ3) is 3.46. The standard InChI is InChI=1S/C16H15FN2O3/c1-11-5-4-9-18-15(11)19(10-8-14(20)21)16(22)12-6-2-3-7-13(12)17/h2-7,9H,8,10H2,1H3,(H,20,21). The van der Waals surface area contributed by atoms with Crippen molar-refractivity contribution in [2.75, 3.05) is 11.4 Å². The van der Waals surface area contributed by atoms with Crippen molar-refractivity contribution in [2.24, 2.45) is 0 Å². The number of aromatic nitrogens is 1. The van der Waals surface area contributed by atoms with Gasteiger partial charge < -0.3 is 5.11 Å². The van der Waals surface area contributed by atoms with Gasteiger partial charge in [-0.25, -0.2) is 9.37 Å². The Hall–Kier alpha value is -2.76. The monoisotopic (exact) mass is 302 g/mol. The molecular weight excluding hydrogens is 287 g/mol. The Labute approximate surface area is 127 Å². The zero-order chi connectivity index (χ0) is 16.1. The first-order valence-corrected chi connectivity index (χ1v) is 6.70. The van der Waals surface area contributed by atoms with Gasteiger partial charge in [-0.3, -0.25) is 14.5 Å². The van der Waals surface area contributed by atoms with E-state index in [-0.39, 0.29) is 18.5 Å². The van der Waals surface area contributed by atoms with Crippen molar-refractivity contribution < 1.29 is 19.1 Å². The summed E-state index contributed by atoms with van der Waals surface area (Å²) in [6.07, 6.45) is 1.25. The molecule has 0 aliphatic rings. The van der Waals surface area contributed by atoms with Crippen LogP contribution in [-0.2, 0) is 4.79 Å². The molecule has 0 aliphatic carbocycles. The van der Waals surface area contributed by atoms with Crippen molar-refractivity contribution in [3.8, 4) is 0 Å². The summed E-state index contributed by atoms with van der Waals surface area (Å²) in [5, 5.41) is 8.85. The van der Waals surface area contributed by atoms with Crippen molar-refractivity contribution in [3.63, 3.8) is 0 Å². The Balaban J connectivity index is 2.40. The van der Waals surface area contributed by atoms with Crippen LogP contribution in [0.1, 0.15) is 22.3 Å². The van der Waals surface area contributed by atoms with Gasteiger partial charge in [-0.05, 0) is 30.7 Å². The molecule has 1 N–H and O–H groups in total. The number of amides is 1. The number of aliphatic carboxylic acids is 1. The molecule has 0 spiro atoms. The number of hydrogen-bond acceptors (Lipinski definition) is 3. The van der Waals surface area contributed by atoms with E-state index in [1.807, 2.05) is 0 Å². The van der Waals surface area contributed by atoms with Crippen molar-refractivity contribution in [3.05, 3.63) is 59.5 Å². The maximum absolute atomic E-state index is 13.8. The fourth-order valence-electron chi connectivity index (χ4n) is 2.05. The van der Waals surface area contributed by atoms with Crippen molar-refractivity contribution >= 4 is 17.7 Å². The molecule has 0 unspecified atom stereocenters. The lowest BCUT2D eigenvalue weighted by atomic mass is 10.1. The molecule has 1 amide bonds. The highest BCUT2D eigenvalue weighted by atomic mass is 19.1. The van der Waals surface area contributed by atoms with Crippen molar-refractivity contribution in [2.45, 2.75) is 13.3 Å². The molecule has 0 atom stereocenters. The molecule has 0 fully saturated rings. The maximum atomic E-state index is 13.8. The van der Waals surface area contributed by atoms with Gasteiger partial charge in [-0.2, -0.15) is 0 Å². The SMILES string of the molecule is Cc1cccnc1N(CCC(=O)O)C(=O)c1ccccc1F. The van der Waals surface area contributed by atoms with Crippen LogP contribution >= 0.6 is 0 Å². The molecule has 2 rings (SSSR count). The Morgan fingerprint density at radius 2 is 1.95 bits per heavy atom. The van der Waals surface area contributed by atoms with Gasteiger partial charge in [0, 0.05) is 12.7 Å². The number of hydrogen-bond donors (Lipinski definition) is 1. The van der Waals surface area contributed by atoms with E-state index < -0.39 is 17.7 Å². The first kappa shape index (κ1) is 15.6. The number of benzene rings is 1. The van der Waals surface area contributed by atoms with Crippen LogP contribution < -0.4 is 4.90 Å². The van der Waals surface area contributed by atoms with Gasteiger partial charge in [-0.1, -0.05) is 18.2 Å². The Morgan fingerprint density at radius 1 is 1.23 bits per heavy atom. The summed E-state index contributed by atoms with van der Waals surface area (Å²) >= 11 is 0. The predicted octanol–water partition coefficient (Wildman–Crippen LogP) is 2.65. The first-order chi connectivity index (χ1) is 10.5. The molecule has 6 heteroatoms. The fourth-order valence-corrected chi connectivity index (χ4v) is 2.05. The fraction of sp³-hybridized carbons (Fsp3) is 0.188. The minimum absolute atomic E-state index is 0.0830. The molecule has 0 bridgehead atoms. The summed E-state index contributed by atoms with van der Waals surface area (Å²) in [5.41, 5.74) is 0.593. The average molecular weight is 302 g/mol. The summed E-state index contributed by atoms with van der Waals surface area (Å²) in [6.45, 7) is 1.67. The van der Waals surface area contributed by atoms with Crippen LogP contribution in [0.2, 0.25) is 0 Å². The highest BCUT2D eigenvalue weighted by Crippen LogP contribution is 2.20. The lowest BCUT2D eigenvalue weighted by Crippen LogP contribution is -2.34. The number of rotatable bonds is 5. The predicted molar refractivity (Wildman–Crippen MR) is 79.3 cm³/mol. The maximum Gasteiger partial charge on any atom is 0.305 e. The van der Waals surface area contributed by atoms with Crippen LogP contribution in [0.3, 0.4) is 0 Å². The van der Waals surface area contributed by atoms with Crippen LogP contribution in [0.25, 0.3) is 0 Å². The second-order valence-electron chi connectivity index (χ2n) is 4.72. The van der Waals surface area contributed by atoms with Gasteiger partial charge in [0.25, 0.3) is 5.91 Å². The molecule has 2 aromatic rings. The largest absolute Gasteiger partial charge is 0.481 e. The zero-order valence-corrected chi connectivity index (χ0v) is 12.0.